The topological polar surface area (TPSA) is 210 Å². The Morgan fingerprint density at radius 2 is 0.372 bits per heavy atom. The molecule has 0 saturated carbocycles. The summed E-state index contributed by atoms with van der Waals surface area (Å²) in [5.41, 5.74) is 5.30. The molecule has 0 amide bonds. The van der Waals surface area contributed by atoms with E-state index in [0.717, 1.165) is 0 Å². The molecule has 6 rings (SSSR count). The highest BCUT2D eigenvalue weighted by molar-refractivity contribution is 6.02. The fourth-order valence-electron chi connectivity index (χ4n) is 8.19. The second kappa shape index (κ2) is 27.6. The van der Waals surface area contributed by atoms with Crippen LogP contribution in [0.25, 0.3) is 56.7 Å². The van der Waals surface area contributed by atoms with E-state index in [9.17, 15) is 38.4 Å². The molecule has 404 valence electrons. The van der Waals surface area contributed by atoms with Crippen LogP contribution in [0.5, 0.6) is 0 Å². The van der Waals surface area contributed by atoms with E-state index in [4.69, 9.17) is 37.9 Å². The zero-order valence-electron chi connectivity index (χ0n) is 44.7. The first-order valence-corrected chi connectivity index (χ1v) is 25.5. The van der Waals surface area contributed by atoms with Gasteiger partial charge in [-0.25, -0.2) is 38.4 Å². The maximum Gasteiger partial charge on any atom is 0.338 e. The molecule has 16 nitrogen and oxygen atoms in total. The van der Waals surface area contributed by atoms with E-state index < -0.39 is 47.8 Å². The van der Waals surface area contributed by atoms with Crippen LogP contribution < -0.4 is 0 Å². The SMILES string of the molecule is CCOC(=O)c1cc(C(=O)OCC)cc(-c2cc(/C=C\c3cc(-c4cc(C(=O)OCC)cc(C(=O)OCC)c4)cc(-c4cc(C(=O)OCC)cc(C(=O)OCC)c4)c3)cc(-c3cc(C(=O)OCC)cc(C(=O)OCC)c3)c2)c1. The monoisotopic (exact) mass is 1060 g/mol. The van der Waals surface area contributed by atoms with Crippen molar-refractivity contribution in [3.05, 3.63) is 165 Å². The van der Waals surface area contributed by atoms with Gasteiger partial charge in [0.2, 0.25) is 0 Å². The van der Waals surface area contributed by atoms with Crippen LogP contribution in [0.15, 0.2) is 109 Å². The largest absolute Gasteiger partial charge is 0.462 e. The average molecular weight is 1060 g/mol. The third-order valence-electron chi connectivity index (χ3n) is 11.5. The Hall–Kier alpha value is -9.18. The Morgan fingerprint density at radius 3 is 0.513 bits per heavy atom. The van der Waals surface area contributed by atoms with Crippen molar-refractivity contribution in [3.63, 3.8) is 0 Å². The second-order valence-electron chi connectivity index (χ2n) is 17.0. The number of hydrogen-bond acceptors (Lipinski definition) is 16. The number of rotatable bonds is 22. The highest BCUT2D eigenvalue weighted by Crippen LogP contribution is 2.35. The quantitative estimate of drug-likeness (QED) is 0.0351. The van der Waals surface area contributed by atoms with Crippen molar-refractivity contribution >= 4 is 59.9 Å². The number of ether oxygens (including phenoxy) is 8. The van der Waals surface area contributed by atoms with Crippen molar-refractivity contribution in [2.24, 2.45) is 0 Å². The minimum Gasteiger partial charge on any atom is -0.462 e. The van der Waals surface area contributed by atoms with Gasteiger partial charge in [-0.1, -0.05) is 12.2 Å². The highest BCUT2D eigenvalue weighted by atomic mass is 16.6. The Morgan fingerprint density at radius 1 is 0.231 bits per heavy atom. The first kappa shape index (κ1) is 58.1. The smallest absolute Gasteiger partial charge is 0.338 e. The Kier molecular flexibility index (Phi) is 20.5. The molecule has 0 radical (unpaired) electrons. The molecule has 0 N–H and O–H groups in total. The molecule has 16 heteroatoms. The van der Waals surface area contributed by atoms with Crippen molar-refractivity contribution in [2.75, 3.05) is 52.9 Å². The maximum absolute atomic E-state index is 13.3. The van der Waals surface area contributed by atoms with Gasteiger partial charge in [-0.15, -0.1) is 0 Å². The van der Waals surface area contributed by atoms with Gasteiger partial charge in [0.15, 0.2) is 0 Å². The summed E-state index contributed by atoms with van der Waals surface area (Å²) in [7, 11) is 0. The molecule has 0 heterocycles. The molecule has 0 unspecified atom stereocenters. The normalized spacial score (nSPS) is 10.8. The molecule has 0 aliphatic rings. The third kappa shape index (κ3) is 14.8. The van der Waals surface area contributed by atoms with Gasteiger partial charge < -0.3 is 37.9 Å². The molecule has 0 aromatic heterocycles. The lowest BCUT2D eigenvalue weighted by Crippen LogP contribution is -2.10. The van der Waals surface area contributed by atoms with E-state index in [1.165, 1.54) is 24.3 Å². The first-order valence-electron chi connectivity index (χ1n) is 25.5. The number of hydrogen-bond donors (Lipinski definition) is 0. The van der Waals surface area contributed by atoms with E-state index in [1.807, 2.05) is 0 Å². The summed E-state index contributed by atoms with van der Waals surface area (Å²) in [6, 6.07) is 28.9. The van der Waals surface area contributed by atoms with E-state index >= 15 is 0 Å². The summed E-state index contributed by atoms with van der Waals surface area (Å²) in [6.07, 6.45) is 3.55. The summed E-state index contributed by atoms with van der Waals surface area (Å²) in [5, 5.41) is 0. The van der Waals surface area contributed by atoms with Gasteiger partial charge in [0.25, 0.3) is 0 Å². The van der Waals surface area contributed by atoms with Gasteiger partial charge in [-0.05, 0) is 220 Å². The lowest BCUT2D eigenvalue weighted by molar-refractivity contribution is 0.0506. The fraction of sp³-hybridized carbons (Fsp3) is 0.258. The van der Waals surface area contributed by atoms with Gasteiger partial charge in [0.05, 0.1) is 97.4 Å². The van der Waals surface area contributed by atoms with Gasteiger partial charge in [0.1, 0.15) is 0 Å². The molecule has 0 atom stereocenters. The van der Waals surface area contributed by atoms with Gasteiger partial charge >= 0.3 is 47.8 Å². The molecule has 0 aliphatic carbocycles. The van der Waals surface area contributed by atoms with E-state index in [2.05, 4.69) is 0 Å². The van der Waals surface area contributed by atoms with Gasteiger partial charge in [-0.3, -0.25) is 0 Å². The first-order chi connectivity index (χ1) is 37.6. The summed E-state index contributed by atoms with van der Waals surface area (Å²) < 4.78 is 42.8. The minimum atomic E-state index is -0.678. The highest BCUT2D eigenvalue weighted by Gasteiger charge is 2.22. The van der Waals surface area contributed by atoms with Gasteiger partial charge in [-0.2, -0.15) is 0 Å². The number of esters is 8. The molecular formula is C62H60O16. The molecule has 0 spiro atoms. The van der Waals surface area contributed by atoms with Crippen molar-refractivity contribution in [1.82, 2.24) is 0 Å². The lowest BCUT2D eigenvalue weighted by Gasteiger charge is -2.14. The van der Waals surface area contributed by atoms with Crippen LogP contribution in [-0.4, -0.2) is 101 Å². The molecule has 78 heavy (non-hydrogen) atoms. The van der Waals surface area contributed by atoms with E-state index in [0.29, 0.717) is 55.6 Å². The zero-order valence-corrected chi connectivity index (χ0v) is 44.7. The van der Waals surface area contributed by atoms with E-state index in [1.54, 1.807) is 152 Å². The van der Waals surface area contributed by atoms with Crippen LogP contribution in [0.2, 0.25) is 0 Å². The third-order valence-corrected chi connectivity index (χ3v) is 11.5. The van der Waals surface area contributed by atoms with Crippen LogP contribution in [0.4, 0.5) is 0 Å². The van der Waals surface area contributed by atoms with Crippen molar-refractivity contribution in [1.29, 1.82) is 0 Å². The predicted octanol–water partition coefficient (Wildman–Crippen LogP) is 11.9. The number of carbonyl (C=O) groups is 8. The summed E-state index contributed by atoms with van der Waals surface area (Å²) in [5.74, 6) is -5.43. The Bertz CT molecular complexity index is 2730. The molecule has 6 aromatic rings. The summed E-state index contributed by atoms with van der Waals surface area (Å²) >= 11 is 0. The maximum atomic E-state index is 13.3. The zero-order chi connectivity index (χ0) is 56.5. The lowest BCUT2D eigenvalue weighted by atomic mass is 9.91. The molecule has 6 aromatic carbocycles. The van der Waals surface area contributed by atoms with Crippen LogP contribution in [0, 0.1) is 0 Å². The van der Waals surface area contributed by atoms with E-state index in [-0.39, 0.29) is 97.4 Å². The van der Waals surface area contributed by atoms with Crippen LogP contribution >= 0.6 is 0 Å². The minimum absolute atomic E-state index is 0.0670. The van der Waals surface area contributed by atoms with Crippen LogP contribution in [0.3, 0.4) is 0 Å². The predicted molar refractivity (Wildman–Crippen MR) is 291 cm³/mol. The van der Waals surface area contributed by atoms with Crippen LogP contribution in [-0.2, 0) is 37.9 Å². The number of benzene rings is 6. The number of carbonyl (C=O) groups excluding carboxylic acids is 8. The molecular weight excluding hydrogens is 1000 g/mol. The second-order valence-corrected chi connectivity index (χ2v) is 17.0. The molecule has 0 saturated heterocycles. The summed E-state index contributed by atoms with van der Waals surface area (Å²) in [4.78, 5) is 106. The van der Waals surface area contributed by atoms with Crippen molar-refractivity contribution in [2.45, 2.75) is 55.4 Å². The molecule has 0 bridgehead atoms. The average Bonchev–Trinajstić information content (AvgIpc) is 3.46. The van der Waals surface area contributed by atoms with Crippen LogP contribution in [0.1, 0.15) is 149 Å². The molecule has 0 aliphatic heterocycles. The fourth-order valence-corrected chi connectivity index (χ4v) is 8.19. The molecule has 0 fully saturated rings. The standard InChI is InChI=1S/C62H60O16/c1-9-71-55(63)47-25-43(26-48(33-47)56(64)72-10-2)39-19-37(20-40(23-39)44-27-49(57(65)73-11-3)34-50(28-44)58(66)74-12-4)17-18-38-21-41(45-29-51(59(67)75-13-5)35-52(30-45)60(68)76-14-6)24-42(22-38)46-31-53(61(69)77-15-7)36-54(32-46)62(70)78-16-8/h17-36H,9-16H2,1-8H3/b18-17-. The van der Waals surface area contributed by atoms with Gasteiger partial charge in [0, 0.05) is 0 Å². The Balaban J connectivity index is 1.67. The van der Waals surface area contributed by atoms with Crippen molar-refractivity contribution in [3.8, 4) is 44.5 Å². The van der Waals surface area contributed by atoms with Crippen molar-refractivity contribution < 1.29 is 76.3 Å². The summed E-state index contributed by atoms with van der Waals surface area (Å²) in [6.45, 7) is 13.8. The Labute approximate surface area is 452 Å².